The van der Waals surface area contributed by atoms with Crippen molar-refractivity contribution in [2.75, 3.05) is 0 Å². The Morgan fingerprint density at radius 3 is 2.62 bits per heavy atom. The summed E-state index contributed by atoms with van der Waals surface area (Å²) in [5.41, 5.74) is 3.20. The molecule has 29 heavy (non-hydrogen) atoms. The van der Waals surface area contributed by atoms with Crippen LogP contribution in [0.4, 0.5) is 0 Å². The van der Waals surface area contributed by atoms with Crippen LogP contribution < -0.4 is 4.74 Å². The van der Waals surface area contributed by atoms with E-state index in [0.717, 1.165) is 43.1 Å². The predicted molar refractivity (Wildman–Crippen MR) is 124 cm³/mol. The van der Waals surface area contributed by atoms with Gasteiger partial charge in [0, 0.05) is 21.8 Å². The van der Waals surface area contributed by atoms with Crippen molar-refractivity contribution in [1.29, 1.82) is 0 Å². The SMILES string of the molecule is C=CCn1c(SCc2cccc(Br)c2)nnc1C(C)Oc1cc(C)c(Cl)c(C)c1. The second-order valence-electron chi connectivity index (χ2n) is 6.79. The average molecular weight is 493 g/mol. The van der Waals surface area contributed by atoms with Gasteiger partial charge < -0.3 is 4.74 Å². The zero-order valence-corrected chi connectivity index (χ0v) is 19.8. The quantitative estimate of drug-likeness (QED) is 0.252. The number of halogens is 2. The van der Waals surface area contributed by atoms with Gasteiger partial charge in [0.2, 0.25) is 0 Å². The highest BCUT2D eigenvalue weighted by Crippen LogP contribution is 2.30. The highest BCUT2D eigenvalue weighted by Gasteiger charge is 2.19. The zero-order chi connectivity index (χ0) is 21.0. The summed E-state index contributed by atoms with van der Waals surface area (Å²) in [6, 6.07) is 12.2. The number of ether oxygens (including phenoxy) is 1. The van der Waals surface area contributed by atoms with Crippen molar-refractivity contribution in [3.8, 4) is 5.75 Å². The van der Waals surface area contributed by atoms with Crippen LogP contribution >= 0.6 is 39.3 Å². The molecule has 1 atom stereocenters. The highest BCUT2D eigenvalue weighted by molar-refractivity contribution is 9.10. The molecule has 0 radical (unpaired) electrons. The fourth-order valence-corrected chi connectivity index (χ4v) is 4.47. The van der Waals surface area contributed by atoms with Gasteiger partial charge in [-0.1, -0.05) is 57.5 Å². The van der Waals surface area contributed by atoms with Crippen molar-refractivity contribution in [2.45, 2.75) is 44.3 Å². The largest absolute Gasteiger partial charge is 0.483 e. The molecule has 0 bridgehead atoms. The summed E-state index contributed by atoms with van der Waals surface area (Å²) in [7, 11) is 0. The third kappa shape index (κ3) is 5.44. The molecule has 4 nitrogen and oxygen atoms in total. The third-order valence-corrected chi connectivity index (χ3v) is 6.53. The van der Waals surface area contributed by atoms with Gasteiger partial charge in [-0.15, -0.1) is 16.8 Å². The minimum Gasteiger partial charge on any atom is -0.483 e. The number of rotatable bonds is 8. The van der Waals surface area contributed by atoms with Gasteiger partial charge in [0.05, 0.1) is 0 Å². The Balaban J connectivity index is 1.79. The van der Waals surface area contributed by atoms with Gasteiger partial charge in [-0.2, -0.15) is 0 Å². The standard InChI is InChI=1S/C22H23BrClN3OS/c1-5-9-27-21(16(4)28-19-10-14(2)20(24)15(3)11-19)25-26-22(27)29-13-17-7-6-8-18(23)12-17/h5-8,10-12,16H,1,9,13H2,2-4H3. The van der Waals surface area contributed by atoms with Crippen LogP contribution in [0.25, 0.3) is 0 Å². The molecule has 1 aromatic heterocycles. The van der Waals surface area contributed by atoms with E-state index in [-0.39, 0.29) is 6.10 Å². The summed E-state index contributed by atoms with van der Waals surface area (Å²) in [5.74, 6) is 2.35. The minimum atomic E-state index is -0.261. The molecule has 3 rings (SSSR count). The number of allylic oxidation sites excluding steroid dienone is 1. The molecule has 2 aromatic carbocycles. The molecular weight excluding hydrogens is 470 g/mol. The summed E-state index contributed by atoms with van der Waals surface area (Å²) >= 11 is 11.4. The third-order valence-electron chi connectivity index (χ3n) is 4.40. The molecule has 0 N–H and O–H groups in total. The molecular formula is C22H23BrClN3OS. The van der Waals surface area contributed by atoms with E-state index in [9.17, 15) is 0 Å². The van der Waals surface area contributed by atoms with Crippen LogP contribution in [0.1, 0.15) is 35.5 Å². The number of aryl methyl sites for hydroxylation is 2. The zero-order valence-electron chi connectivity index (χ0n) is 16.7. The van der Waals surface area contributed by atoms with Gasteiger partial charge in [0.1, 0.15) is 5.75 Å². The molecule has 0 aliphatic heterocycles. The minimum absolute atomic E-state index is 0.261. The second kappa shape index (κ2) is 9.83. The number of hydrogen-bond donors (Lipinski definition) is 0. The molecule has 0 saturated carbocycles. The van der Waals surface area contributed by atoms with Crippen LogP contribution in [0.15, 0.2) is 58.7 Å². The summed E-state index contributed by atoms with van der Waals surface area (Å²) < 4.78 is 9.28. The van der Waals surface area contributed by atoms with Gasteiger partial charge in [-0.3, -0.25) is 4.57 Å². The maximum Gasteiger partial charge on any atom is 0.191 e. The van der Waals surface area contributed by atoms with Gasteiger partial charge in [-0.05, 0) is 61.7 Å². The fourth-order valence-electron chi connectivity index (χ4n) is 3.01. The highest BCUT2D eigenvalue weighted by atomic mass is 79.9. The van der Waals surface area contributed by atoms with Crippen molar-refractivity contribution in [2.24, 2.45) is 0 Å². The Morgan fingerprint density at radius 2 is 1.97 bits per heavy atom. The van der Waals surface area contributed by atoms with Crippen molar-refractivity contribution in [3.05, 3.63) is 81.1 Å². The number of nitrogens with zero attached hydrogens (tertiary/aromatic N) is 3. The summed E-state index contributed by atoms with van der Waals surface area (Å²) in [4.78, 5) is 0. The van der Waals surface area contributed by atoms with Gasteiger partial charge in [0.25, 0.3) is 0 Å². The van der Waals surface area contributed by atoms with Crippen LogP contribution in [0, 0.1) is 13.8 Å². The molecule has 0 fully saturated rings. The maximum atomic E-state index is 6.27. The van der Waals surface area contributed by atoms with E-state index in [0.29, 0.717) is 6.54 Å². The van der Waals surface area contributed by atoms with Crippen LogP contribution in [0.3, 0.4) is 0 Å². The number of aromatic nitrogens is 3. The molecule has 7 heteroatoms. The Labute approximate surface area is 189 Å². The van der Waals surface area contributed by atoms with Crippen LogP contribution in [-0.4, -0.2) is 14.8 Å². The molecule has 0 aliphatic carbocycles. The Hall–Kier alpha value is -1.76. The Kier molecular flexibility index (Phi) is 7.44. The van der Waals surface area contributed by atoms with Crippen molar-refractivity contribution < 1.29 is 4.74 Å². The molecule has 0 amide bonds. The number of benzene rings is 2. The smallest absolute Gasteiger partial charge is 0.191 e. The van der Waals surface area contributed by atoms with E-state index in [2.05, 4.69) is 49.4 Å². The average Bonchev–Trinajstić information content (AvgIpc) is 3.07. The molecule has 0 spiro atoms. The van der Waals surface area contributed by atoms with Gasteiger partial charge >= 0.3 is 0 Å². The lowest BCUT2D eigenvalue weighted by Crippen LogP contribution is -2.12. The summed E-state index contributed by atoms with van der Waals surface area (Å²) in [6.45, 7) is 10.4. The normalized spacial score (nSPS) is 12.0. The fraction of sp³-hybridized carbons (Fsp3) is 0.273. The summed E-state index contributed by atoms with van der Waals surface area (Å²) in [6.07, 6.45) is 1.59. The van der Waals surface area contributed by atoms with E-state index in [1.807, 2.05) is 51.1 Å². The molecule has 1 unspecified atom stereocenters. The second-order valence-corrected chi connectivity index (χ2v) is 9.03. The van der Waals surface area contributed by atoms with Gasteiger partial charge in [-0.25, -0.2) is 0 Å². The molecule has 3 aromatic rings. The first kappa shape index (κ1) is 21.9. The van der Waals surface area contributed by atoms with E-state index >= 15 is 0 Å². The molecule has 0 aliphatic rings. The molecule has 1 heterocycles. The molecule has 152 valence electrons. The first-order valence-electron chi connectivity index (χ1n) is 9.23. The van der Waals surface area contributed by atoms with E-state index in [1.54, 1.807) is 11.8 Å². The Morgan fingerprint density at radius 1 is 1.24 bits per heavy atom. The van der Waals surface area contributed by atoms with E-state index in [4.69, 9.17) is 16.3 Å². The molecule has 0 saturated heterocycles. The lowest BCUT2D eigenvalue weighted by molar-refractivity contribution is 0.210. The topological polar surface area (TPSA) is 39.9 Å². The van der Waals surface area contributed by atoms with Crippen LogP contribution in [0.2, 0.25) is 5.02 Å². The number of hydrogen-bond acceptors (Lipinski definition) is 4. The van der Waals surface area contributed by atoms with Crippen molar-refractivity contribution in [3.63, 3.8) is 0 Å². The van der Waals surface area contributed by atoms with E-state index in [1.165, 1.54) is 5.56 Å². The van der Waals surface area contributed by atoms with Crippen LogP contribution in [0.5, 0.6) is 5.75 Å². The predicted octanol–water partition coefficient (Wildman–Crippen LogP) is 6.93. The van der Waals surface area contributed by atoms with E-state index < -0.39 is 0 Å². The van der Waals surface area contributed by atoms with Crippen molar-refractivity contribution in [1.82, 2.24) is 14.8 Å². The number of thioether (sulfide) groups is 1. The lowest BCUT2D eigenvalue weighted by Gasteiger charge is -2.17. The first-order chi connectivity index (χ1) is 13.9. The lowest BCUT2D eigenvalue weighted by atomic mass is 10.1. The Bertz CT molecular complexity index is 998. The monoisotopic (exact) mass is 491 g/mol. The first-order valence-corrected chi connectivity index (χ1v) is 11.4. The van der Waals surface area contributed by atoms with Gasteiger partial charge in [0.15, 0.2) is 17.1 Å². The summed E-state index contributed by atoms with van der Waals surface area (Å²) in [5, 5.41) is 10.4. The van der Waals surface area contributed by atoms with Crippen LogP contribution in [-0.2, 0) is 12.3 Å². The maximum absolute atomic E-state index is 6.27. The van der Waals surface area contributed by atoms with Crippen molar-refractivity contribution >= 4 is 39.3 Å².